The molecule has 1 aromatic carbocycles. The molecule has 0 bridgehead atoms. The minimum atomic E-state index is -4.25. The Balaban J connectivity index is 1.81. The van der Waals surface area contributed by atoms with E-state index in [0.717, 1.165) is 17.7 Å². The first-order valence-corrected chi connectivity index (χ1v) is 5.91. The molecule has 2 N–H and O–H groups in total. The summed E-state index contributed by atoms with van der Waals surface area (Å²) < 4.78 is 37.3. The van der Waals surface area contributed by atoms with E-state index in [1.807, 2.05) is 0 Å². The van der Waals surface area contributed by atoms with Gasteiger partial charge in [-0.15, -0.1) is 0 Å². The molecule has 0 aliphatic heterocycles. The van der Waals surface area contributed by atoms with Gasteiger partial charge in [0.15, 0.2) is 0 Å². The van der Waals surface area contributed by atoms with E-state index in [1.165, 1.54) is 12.8 Å². The van der Waals surface area contributed by atoms with Crippen LogP contribution in [0.5, 0.6) is 0 Å². The zero-order valence-corrected chi connectivity index (χ0v) is 9.24. The summed E-state index contributed by atoms with van der Waals surface area (Å²) in [5.74, 6) is 1.50. The number of fused-ring (bicyclic) bond motifs is 1. The van der Waals surface area contributed by atoms with Crippen LogP contribution in [0.4, 0.5) is 13.2 Å². The van der Waals surface area contributed by atoms with Gasteiger partial charge >= 0.3 is 6.18 Å². The molecule has 4 atom stereocenters. The molecule has 0 aromatic heterocycles. The third kappa shape index (κ3) is 1.58. The summed E-state index contributed by atoms with van der Waals surface area (Å²) >= 11 is 0. The molecule has 2 aliphatic carbocycles. The molecule has 2 aliphatic rings. The molecule has 0 amide bonds. The van der Waals surface area contributed by atoms with Crippen LogP contribution in [0.1, 0.15) is 29.9 Å². The monoisotopic (exact) mass is 241 g/mol. The molecule has 0 radical (unpaired) electrons. The maximum absolute atomic E-state index is 12.4. The first kappa shape index (κ1) is 11.1. The number of nitrogens with two attached hydrogens (primary N) is 1. The number of hydrogen-bond acceptors (Lipinski definition) is 1. The van der Waals surface area contributed by atoms with Crippen molar-refractivity contribution in [2.75, 3.05) is 0 Å². The van der Waals surface area contributed by atoms with Gasteiger partial charge in [-0.05, 0) is 42.4 Å². The van der Waals surface area contributed by atoms with Crippen molar-refractivity contribution in [2.24, 2.45) is 17.6 Å². The molecule has 4 heteroatoms. The fraction of sp³-hybridized carbons (Fsp3) is 0.538. The predicted octanol–water partition coefficient (Wildman–Crippen LogP) is 3.16. The molecule has 1 aromatic rings. The number of halogens is 3. The van der Waals surface area contributed by atoms with Crippen LogP contribution in [0.15, 0.2) is 24.3 Å². The van der Waals surface area contributed by atoms with E-state index in [-0.39, 0.29) is 12.0 Å². The second kappa shape index (κ2) is 3.48. The van der Waals surface area contributed by atoms with Gasteiger partial charge in [0.1, 0.15) is 0 Å². The highest BCUT2D eigenvalue weighted by molar-refractivity contribution is 5.32. The van der Waals surface area contributed by atoms with Gasteiger partial charge in [0, 0.05) is 12.0 Å². The Bertz CT molecular complexity index is 417. The number of alkyl halides is 3. The van der Waals surface area contributed by atoms with Crippen LogP contribution < -0.4 is 5.73 Å². The highest BCUT2D eigenvalue weighted by Gasteiger charge is 2.53. The van der Waals surface area contributed by atoms with Gasteiger partial charge in [-0.3, -0.25) is 0 Å². The van der Waals surface area contributed by atoms with Crippen LogP contribution in [0.25, 0.3) is 0 Å². The molecule has 2 saturated carbocycles. The summed E-state index contributed by atoms with van der Waals surface area (Å²) in [6.07, 6.45) is -1.90. The van der Waals surface area contributed by atoms with Crippen LogP contribution in [-0.4, -0.2) is 6.04 Å². The lowest BCUT2D eigenvalue weighted by Gasteiger charge is -2.58. The summed E-state index contributed by atoms with van der Waals surface area (Å²) in [4.78, 5) is 0. The molecule has 0 saturated heterocycles. The van der Waals surface area contributed by atoms with Crippen LogP contribution >= 0.6 is 0 Å². The zero-order chi connectivity index (χ0) is 12.2. The largest absolute Gasteiger partial charge is 0.416 e. The van der Waals surface area contributed by atoms with E-state index >= 15 is 0 Å². The molecule has 2 unspecified atom stereocenters. The lowest BCUT2D eigenvalue weighted by atomic mass is 9.49. The summed E-state index contributed by atoms with van der Waals surface area (Å²) in [5.41, 5.74) is 6.42. The maximum Gasteiger partial charge on any atom is 0.416 e. The Morgan fingerprint density at radius 1 is 1.00 bits per heavy atom. The lowest BCUT2D eigenvalue weighted by Crippen LogP contribution is -2.59. The Morgan fingerprint density at radius 3 is 2.00 bits per heavy atom. The number of hydrogen-bond donors (Lipinski definition) is 1. The highest BCUT2D eigenvalue weighted by Crippen LogP contribution is 2.57. The van der Waals surface area contributed by atoms with Crippen LogP contribution in [-0.2, 0) is 6.18 Å². The molecule has 0 spiro atoms. The van der Waals surface area contributed by atoms with Crippen molar-refractivity contribution in [3.05, 3.63) is 35.4 Å². The van der Waals surface area contributed by atoms with Gasteiger partial charge in [0.05, 0.1) is 5.56 Å². The quantitative estimate of drug-likeness (QED) is 0.803. The highest BCUT2D eigenvalue weighted by atomic mass is 19.4. The van der Waals surface area contributed by atoms with Crippen molar-refractivity contribution in [1.29, 1.82) is 0 Å². The van der Waals surface area contributed by atoms with E-state index in [2.05, 4.69) is 0 Å². The second-order valence-electron chi connectivity index (χ2n) is 5.13. The molecule has 0 heterocycles. The maximum atomic E-state index is 12.4. The molecule has 92 valence electrons. The van der Waals surface area contributed by atoms with Gasteiger partial charge in [-0.2, -0.15) is 13.2 Å². The fourth-order valence-corrected chi connectivity index (χ4v) is 3.25. The van der Waals surface area contributed by atoms with Gasteiger partial charge in [-0.1, -0.05) is 12.1 Å². The minimum Gasteiger partial charge on any atom is -0.327 e. The SMILES string of the molecule is N[C@@H]1C2CCC2[C@H]1c1ccc(C(F)(F)F)cc1. The second-order valence-corrected chi connectivity index (χ2v) is 5.13. The van der Waals surface area contributed by atoms with Crippen LogP contribution in [0.3, 0.4) is 0 Å². The normalized spacial score (nSPS) is 35.8. The summed E-state index contributed by atoms with van der Waals surface area (Å²) in [6.45, 7) is 0. The predicted molar refractivity (Wildman–Crippen MR) is 58.4 cm³/mol. The lowest BCUT2D eigenvalue weighted by molar-refractivity contribution is -0.137. The van der Waals surface area contributed by atoms with Crippen molar-refractivity contribution in [1.82, 2.24) is 0 Å². The summed E-state index contributed by atoms with van der Waals surface area (Å²) in [5, 5.41) is 0. The van der Waals surface area contributed by atoms with Gasteiger partial charge in [-0.25, -0.2) is 0 Å². The topological polar surface area (TPSA) is 26.0 Å². The smallest absolute Gasteiger partial charge is 0.327 e. The zero-order valence-electron chi connectivity index (χ0n) is 9.24. The molecule has 1 nitrogen and oxygen atoms in total. The molecular formula is C13H14F3N. The Kier molecular flexibility index (Phi) is 2.27. The molecule has 17 heavy (non-hydrogen) atoms. The fourth-order valence-electron chi connectivity index (χ4n) is 3.25. The number of benzene rings is 1. The van der Waals surface area contributed by atoms with E-state index in [1.54, 1.807) is 12.1 Å². The van der Waals surface area contributed by atoms with E-state index in [9.17, 15) is 13.2 Å². The third-order valence-corrected chi connectivity index (χ3v) is 4.38. The number of rotatable bonds is 1. The third-order valence-electron chi connectivity index (χ3n) is 4.38. The van der Waals surface area contributed by atoms with Crippen molar-refractivity contribution in [2.45, 2.75) is 31.0 Å². The van der Waals surface area contributed by atoms with Gasteiger partial charge < -0.3 is 5.73 Å². The van der Waals surface area contributed by atoms with Crippen LogP contribution in [0, 0.1) is 11.8 Å². The van der Waals surface area contributed by atoms with Crippen LogP contribution in [0.2, 0.25) is 0 Å². The van der Waals surface area contributed by atoms with Crippen molar-refractivity contribution in [3.8, 4) is 0 Å². The molecular weight excluding hydrogens is 227 g/mol. The first-order valence-electron chi connectivity index (χ1n) is 5.91. The van der Waals surface area contributed by atoms with Crippen molar-refractivity contribution in [3.63, 3.8) is 0 Å². The van der Waals surface area contributed by atoms with E-state index in [4.69, 9.17) is 5.73 Å². The summed E-state index contributed by atoms with van der Waals surface area (Å²) in [7, 11) is 0. The average Bonchev–Trinajstić information content (AvgIpc) is 2.23. The molecule has 2 fully saturated rings. The summed E-state index contributed by atoms with van der Waals surface area (Å²) in [6, 6.07) is 5.64. The van der Waals surface area contributed by atoms with Crippen molar-refractivity contribution >= 4 is 0 Å². The van der Waals surface area contributed by atoms with Crippen molar-refractivity contribution < 1.29 is 13.2 Å². The van der Waals surface area contributed by atoms with Gasteiger partial charge in [0.2, 0.25) is 0 Å². The van der Waals surface area contributed by atoms with E-state index in [0.29, 0.717) is 11.8 Å². The van der Waals surface area contributed by atoms with E-state index < -0.39 is 11.7 Å². The first-order chi connectivity index (χ1) is 7.98. The molecule has 3 rings (SSSR count). The Morgan fingerprint density at radius 2 is 1.59 bits per heavy atom. The average molecular weight is 241 g/mol. The standard InChI is InChI=1S/C13H14F3N/c14-13(15,16)8-3-1-7(2-4-8)11-9-5-6-10(9)12(11)17/h1-4,9-12H,5-6,17H2/t9?,10?,11-,12-/m1/s1. The Labute approximate surface area is 97.8 Å². The minimum absolute atomic E-state index is 0.144. The van der Waals surface area contributed by atoms with Gasteiger partial charge in [0.25, 0.3) is 0 Å². The Hall–Kier alpha value is -1.03.